The first kappa shape index (κ1) is 26.7. The van der Waals surface area contributed by atoms with Crippen LogP contribution >= 0.6 is 11.6 Å². The Balaban J connectivity index is 2.31. The quantitative estimate of drug-likeness (QED) is 0.519. The minimum atomic E-state index is -3.80. The number of anilines is 1. The first-order chi connectivity index (χ1) is 15.5. The summed E-state index contributed by atoms with van der Waals surface area (Å²) < 4.78 is 26.0. The third kappa shape index (κ3) is 7.75. The summed E-state index contributed by atoms with van der Waals surface area (Å²) in [6.07, 6.45) is 2.31. The number of sulfonamides is 1. The smallest absolute Gasteiger partial charge is 0.244 e. The van der Waals surface area contributed by atoms with E-state index < -0.39 is 28.5 Å². The highest BCUT2D eigenvalue weighted by molar-refractivity contribution is 7.92. The summed E-state index contributed by atoms with van der Waals surface area (Å²) in [4.78, 5) is 27.7. The molecule has 2 rings (SSSR count). The van der Waals surface area contributed by atoms with Gasteiger partial charge in [-0.05, 0) is 44.4 Å². The van der Waals surface area contributed by atoms with Crippen molar-refractivity contribution in [3.8, 4) is 0 Å². The molecule has 0 radical (unpaired) electrons. The molecule has 1 N–H and O–H groups in total. The third-order valence-corrected chi connectivity index (χ3v) is 6.90. The van der Waals surface area contributed by atoms with Crippen LogP contribution in [0.3, 0.4) is 0 Å². The fourth-order valence-electron chi connectivity index (χ4n) is 3.28. The molecule has 180 valence electrons. The molecule has 9 heteroatoms. The predicted molar refractivity (Wildman–Crippen MR) is 133 cm³/mol. The summed E-state index contributed by atoms with van der Waals surface area (Å²) in [5.41, 5.74) is 1.23. The van der Waals surface area contributed by atoms with Gasteiger partial charge in [0.15, 0.2) is 0 Å². The Labute approximate surface area is 201 Å². The van der Waals surface area contributed by atoms with Crippen molar-refractivity contribution < 1.29 is 18.0 Å². The third-order valence-electron chi connectivity index (χ3n) is 5.45. The van der Waals surface area contributed by atoms with Crippen LogP contribution in [-0.2, 0) is 26.0 Å². The minimum absolute atomic E-state index is 0.0401. The first-order valence-electron chi connectivity index (χ1n) is 10.9. The normalized spacial score (nSPS) is 13.1. The van der Waals surface area contributed by atoms with Crippen molar-refractivity contribution in [2.75, 3.05) is 23.7 Å². The topological polar surface area (TPSA) is 86.8 Å². The number of nitrogens with zero attached hydrogens (tertiary/aromatic N) is 2. The Morgan fingerprint density at radius 3 is 2.21 bits per heavy atom. The Morgan fingerprint density at radius 1 is 1.03 bits per heavy atom. The number of amides is 2. The van der Waals surface area contributed by atoms with E-state index >= 15 is 0 Å². The largest absolute Gasteiger partial charge is 0.352 e. The van der Waals surface area contributed by atoms with E-state index in [0.29, 0.717) is 6.42 Å². The van der Waals surface area contributed by atoms with E-state index in [-0.39, 0.29) is 29.2 Å². The minimum Gasteiger partial charge on any atom is -0.352 e. The van der Waals surface area contributed by atoms with Crippen molar-refractivity contribution in [1.82, 2.24) is 10.2 Å². The lowest BCUT2D eigenvalue weighted by Crippen LogP contribution is -2.53. The maximum Gasteiger partial charge on any atom is 0.244 e. The SMILES string of the molecule is CC[C@H](C)NC(=O)[C@@H](C)N(CCc1ccccc1)C(=O)CN(c1ccccc1Cl)S(C)(=O)=O. The molecule has 2 atom stereocenters. The van der Waals surface area contributed by atoms with Gasteiger partial charge >= 0.3 is 0 Å². The van der Waals surface area contributed by atoms with E-state index in [1.54, 1.807) is 31.2 Å². The van der Waals surface area contributed by atoms with Gasteiger partial charge in [0.25, 0.3) is 0 Å². The molecule has 0 fully saturated rings. The standard InChI is InChI=1S/C24H32ClN3O4S/c1-5-18(2)26-24(30)19(3)27(16-15-20-11-7-6-8-12-20)23(29)17-28(33(4,31)32)22-14-10-9-13-21(22)25/h6-14,18-19H,5,15-17H2,1-4H3,(H,26,30)/t18-,19+/m0/s1. The van der Waals surface area contributed by atoms with Crippen LogP contribution in [-0.4, -0.2) is 56.6 Å². The predicted octanol–water partition coefficient (Wildman–Crippen LogP) is 3.48. The molecule has 33 heavy (non-hydrogen) atoms. The van der Waals surface area contributed by atoms with Crippen LogP contribution in [0.25, 0.3) is 0 Å². The zero-order chi connectivity index (χ0) is 24.6. The van der Waals surface area contributed by atoms with Gasteiger partial charge in [-0.15, -0.1) is 0 Å². The van der Waals surface area contributed by atoms with E-state index in [4.69, 9.17) is 11.6 Å². The van der Waals surface area contributed by atoms with Crippen LogP contribution in [0.1, 0.15) is 32.8 Å². The number of carbonyl (C=O) groups excluding carboxylic acids is 2. The molecule has 0 bridgehead atoms. The Kier molecular flexibility index (Phi) is 9.73. The van der Waals surface area contributed by atoms with E-state index in [2.05, 4.69) is 5.32 Å². The number of carbonyl (C=O) groups is 2. The molecule has 0 saturated carbocycles. The summed E-state index contributed by atoms with van der Waals surface area (Å²) in [5, 5.41) is 3.12. The van der Waals surface area contributed by atoms with Gasteiger partial charge in [0.2, 0.25) is 21.8 Å². The van der Waals surface area contributed by atoms with Crippen molar-refractivity contribution in [2.24, 2.45) is 0 Å². The fourth-order valence-corrected chi connectivity index (χ4v) is 4.43. The lowest BCUT2D eigenvalue weighted by molar-refractivity contribution is -0.139. The number of hydrogen-bond acceptors (Lipinski definition) is 4. The average molecular weight is 494 g/mol. The number of rotatable bonds is 11. The monoisotopic (exact) mass is 493 g/mol. The number of hydrogen-bond donors (Lipinski definition) is 1. The summed E-state index contributed by atoms with van der Waals surface area (Å²) in [5.74, 6) is -0.766. The molecule has 0 aromatic heterocycles. The van der Waals surface area contributed by atoms with Crippen LogP contribution in [0, 0.1) is 0 Å². The van der Waals surface area contributed by atoms with Crippen LogP contribution in [0.15, 0.2) is 54.6 Å². The van der Waals surface area contributed by atoms with Crippen LogP contribution in [0.4, 0.5) is 5.69 Å². The molecule has 2 aromatic carbocycles. The zero-order valence-electron chi connectivity index (χ0n) is 19.5. The second-order valence-electron chi connectivity index (χ2n) is 8.04. The highest BCUT2D eigenvalue weighted by Crippen LogP contribution is 2.27. The highest BCUT2D eigenvalue weighted by atomic mass is 35.5. The van der Waals surface area contributed by atoms with Crippen molar-refractivity contribution >= 4 is 39.1 Å². The Morgan fingerprint density at radius 2 is 1.64 bits per heavy atom. The molecule has 0 unspecified atom stereocenters. The van der Waals surface area contributed by atoms with Crippen molar-refractivity contribution in [2.45, 2.75) is 45.7 Å². The van der Waals surface area contributed by atoms with Crippen molar-refractivity contribution in [3.05, 3.63) is 65.2 Å². The van der Waals surface area contributed by atoms with Gasteiger partial charge in [0.05, 0.1) is 17.0 Å². The molecule has 7 nitrogen and oxygen atoms in total. The molecule has 0 spiro atoms. The average Bonchev–Trinajstić information content (AvgIpc) is 2.77. The Hall–Kier alpha value is -2.58. The molecular weight excluding hydrogens is 462 g/mol. The summed E-state index contributed by atoms with van der Waals surface area (Å²) in [7, 11) is -3.80. The molecule has 0 saturated heterocycles. The van der Waals surface area contributed by atoms with Crippen LogP contribution < -0.4 is 9.62 Å². The lowest BCUT2D eigenvalue weighted by Gasteiger charge is -2.32. The first-order valence-corrected chi connectivity index (χ1v) is 13.1. The molecule has 0 heterocycles. The maximum atomic E-state index is 13.4. The number of halogens is 1. The summed E-state index contributed by atoms with van der Waals surface area (Å²) in [6, 6.07) is 15.2. The van der Waals surface area contributed by atoms with Crippen molar-refractivity contribution in [1.29, 1.82) is 0 Å². The second-order valence-corrected chi connectivity index (χ2v) is 10.4. The van der Waals surface area contributed by atoms with Gasteiger partial charge in [0, 0.05) is 12.6 Å². The van der Waals surface area contributed by atoms with Crippen LogP contribution in [0.5, 0.6) is 0 Å². The summed E-state index contributed by atoms with van der Waals surface area (Å²) in [6.45, 7) is 5.31. The molecule has 0 aliphatic heterocycles. The van der Waals surface area contributed by atoms with E-state index in [1.807, 2.05) is 44.2 Å². The van der Waals surface area contributed by atoms with Crippen molar-refractivity contribution in [3.63, 3.8) is 0 Å². The fraction of sp³-hybridized carbons (Fsp3) is 0.417. The van der Waals surface area contributed by atoms with Gasteiger partial charge in [-0.25, -0.2) is 8.42 Å². The molecule has 0 aliphatic carbocycles. The van der Waals surface area contributed by atoms with E-state index in [9.17, 15) is 18.0 Å². The summed E-state index contributed by atoms with van der Waals surface area (Å²) >= 11 is 6.22. The van der Waals surface area contributed by atoms with E-state index in [0.717, 1.165) is 22.5 Å². The van der Waals surface area contributed by atoms with Gasteiger partial charge < -0.3 is 10.2 Å². The molecular formula is C24H32ClN3O4S. The number of para-hydroxylation sites is 1. The highest BCUT2D eigenvalue weighted by Gasteiger charge is 2.30. The van der Waals surface area contributed by atoms with Gasteiger partial charge in [0.1, 0.15) is 12.6 Å². The number of benzene rings is 2. The Bertz CT molecular complexity index is 1050. The number of nitrogens with one attached hydrogen (secondary N) is 1. The molecule has 0 aliphatic rings. The second kappa shape index (κ2) is 12.0. The van der Waals surface area contributed by atoms with Gasteiger partial charge in [-0.1, -0.05) is 61.0 Å². The van der Waals surface area contributed by atoms with E-state index in [1.165, 1.54) is 4.90 Å². The molecule has 2 aromatic rings. The van der Waals surface area contributed by atoms with Gasteiger partial charge in [-0.3, -0.25) is 13.9 Å². The molecule has 2 amide bonds. The van der Waals surface area contributed by atoms with Gasteiger partial charge in [-0.2, -0.15) is 0 Å². The lowest BCUT2D eigenvalue weighted by atomic mass is 10.1. The zero-order valence-corrected chi connectivity index (χ0v) is 21.1. The van der Waals surface area contributed by atoms with Crippen LogP contribution in [0.2, 0.25) is 5.02 Å². The maximum absolute atomic E-state index is 13.4.